The second kappa shape index (κ2) is 6.48. The molecule has 0 atom stereocenters. The Bertz CT molecular complexity index is 1100. The monoisotopic (exact) mass is 341 g/mol. The van der Waals surface area contributed by atoms with Crippen LogP contribution in [0.2, 0.25) is 0 Å². The van der Waals surface area contributed by atoms with Gasteiger partial charge in [0, 0.05) is 23.3 Å². The van der Waals surface area contributed by atoms with Crippen molar-refractivity contribution >= 4 is 17.2 Å². The molecule has 0 radical (unpaired) electrons. The molecule has 2 aromatic heterocycles. The zero-order valence-corrected chi connectivity index (χ0v) is 14.7. The minimum absolute atomic E-state index is 0.157. The average molecular weight is 341 g/mol. The van der Waals surface area contributed by atoms with Gasteiger partial charge in [-0.05, 0) is 49.2 Å². The number of carbonyl (C=O) groups excluding carboxylic acids is 1. The Morgan fingerprint density at radius 3 is 2.50 bits per heavy atom. The highest BCUT2D eigenvalue weighted by atomic mass is 16.1. The Hall–Kier alpha value is -3.40. The number of carbonyl (C=O) groups is 1. The van der Waals surface area contributed by atoms with Crippen molar-refractivity contribution in [2.45, 2.75) is 13.8 Å². The lowest BCUT2D eigenvalue weighted by atomic mass is 10.1. The van der Waals surface area contributed by atoms with Crippen molar-refractivity contribution in [3.05, 3.63) is 89.9 Å². The molecule has 26 heavy (non-hydrogen) atoms. The minimum atomic E-state index is -0.157. The largest absolute Gasteiger partial charge is 0.322 e. The zero-order chi connectivity index (χ0) is 18.1. The first-order valence-electron chi connectivity index (χ1n) is 8.54. The predicted octanol–water partition coefficient (Wildman–Crippen LogP) is 4.87. The van der Waals surface area contributed by atoms with E-state index in [9.17, 15) is 4.79 Å². The number of benzene rings is 2. The molecule has 0 bridgehead atoms. The van der Waals surface area contributed by atoms with Crippen molar-refractivity contribution in [3.63, 3.8) is 0 Å². The van der Waals surface area contributed by atoms with Crippen LogP contribution in [0.5, 0.6) is 0 Å². The van der Waals surface area contributed by atoms with Gasteiger partial charge in [-0.25, -0.2) is 4.98 Å². The molecular formula is C22H19N3O. The van der Waals surface area contributed by atoms with Crippen LogP contribution < -0.4 is 5.32 Å². The summed E-state index contributed by atoms with van der Waals surface area (Å²) in [5, 5.41) is 2.99. The molecule has 0 aliphatic carbocycles. The van der Waals surface area contributed by atoms with Gasteiger partial charge in [0.05, 0.1) is 5.56 Å². The second-order valence-electron chi connectivity index (χ2n) is 6.36. The van der Waals surface area contributed by atoms with E-state index in [1.165, 1.54) is 0 Å². The SMILES string of the molecule is Cc1cc(C)n2ccc(C(=O)Nc3cccc(-c4ccccc4)c3)c2n1. The fraction of sp³-hybridized carbons (Fsp3) is 0.0909. The highest BCUT2D eigenvalue weighted by Crippen LogP contribution is 2.23. The fourth-order valence-corrected chi connectivity index (χ4v) is 3.18. The molecule has 128 valence electrons. The molecule has 2 heterocycles. The van der Waals surface area contributed by atoms with E-state index in [0.717, 1.165) is 28.2 Å². The lowest BCUT2D eigenvalue weighted by Gasteiger charge is -2.08. The third-order valence-corrected chi connectivity index (χ3v) is 4.41. The van der Waals surface area contributed by atoms with Crippen molar-refractivity contribution in [1.82, 2.24) is 9.38 Å². The summed E-state index contributed by atoms with van der Waals surface area (Å²) in [6.45, 7) is 3.94. The van der Waals surface area contributed by atoms with E-state index in [1.807, 2.05) is 79.0 Å². The molecule has 4 heteroatoms. The van der Waals surface area contributed by atoms with Gasteiger partial charge in [0.1, 0.15) is 5.65 Å². The number of hydrogen-bond acceptors (Lipinski definition) is 2. The highest BCUT2D eigenvalue weighted by Gasteiger charge is 2.14. The maximum atomic E-state index is 12.8. The van der Waals surface area contributed by atoms with E-state index in [0.29, 0.717) is 11.2 Å². The van der Waals surface area contributed by atoms with Gasteiger partial charge in [-0.3, -0.25) is 4.79 Å². The van der Waals surface area contributed by atoms with Crippen LogP contribution in [0.4, 0.5) is 5.69 Å². The molecule has 0 aliphatic heterocycles. The number of fused-ring (bicyclic) bond motifs is 1. The molecule has 1 amide bonds. The first-order valence-corrected chi connectivity index (χ1v) is 8.54. The van der Waals surface area contributed by atoms with Crippen molar-refractivity contribution < 1.29 is 4.79 Å². The summed E-state index contributed by atoms with van der Waals surface area (Å²) in [5.74, 6) is -0.157. The maximum absolute atomic E-state index is 12.8. The molecule has 0 saturated heterocycles. The lowest BCUT2D eigenvalue weighted by molar-refractivity contribution is 0.102. The molecule has 2 aromatic carbocycles. The topological polar surface area (TPSA) is 46.4 Å². The van der Waals surface area contributed by atoms with Gasteiger partial charge in [0.2, 0.25) is 0 Å². The Morgan fingerprint density at radius 2 is 1.69 bits per heavy atom. The predicted molar refractivity (Wildman–Crippen MR) is 104 cm³/mol. The third kappa shape index (κ3) is 2.97. The van der Waals surface area contributed by atoms with Crippen LogP contribution in [0.1, 0.15) is 21.7 Å². The van der Waals surface area contributed by atoms with E-state index in [2.05, 4.69) is 22.4 Å². The van der Waals surface area contributed by atoms with E-state index >= 15 is 0 Å². The Labute approximate surface area is 152 Å². The number of amides is 1. The number of nitrogens with one attached hydrogen (secondary N) is 1. The summed E-state index contributed by atoms with van der Waals surface area (Å²) in [7, 11) is 0. The molecule has 0 spiro atoms. The molecule has 0 aliphatic rings. The van der Waals surface area contributed by atoms with Crippen molar-refractivity contribution in [2.24, 2.45) is 0 Å². The summed E-state index contributed by atoms with van der Waals surface area (Å²) in [5.41, 5.74) is 6.15. The molecule has 0 fully saturated rings. The third-order valence-electron chi connectivity index (χ3n) is 4.41. The normalized spacial score (nSPS) is 10.8. The van der Waals surface area contributed by atoms with Gasteiger partial charge in [-0.2, -0.15) is 0 Å². The first-order chi connectivity index (χ1) is 12.6. The molecular weight excluding hydrogens is 322 g/mol. The van der Waals surface area contributed by atoms with Crippen molar-refractivity contribution in [3.8, 4) is 11.1 Å². The Kier molecular flexibility index (Phi) is 4.01. The average Bonchev–Trinajstić information content (AvgIpc) is 3.07. The van der Waals surface area contributed by atoms with Gasteiger partial charge < -0.3 is 9.72 Å². The Morgan fingerprint density at radius 1 is 0.923 bits per heavy atom. The van der Waals surface area contributed by atoms with Gasteiger partial charge >= 0.3 is 0 Å². The minimum Gasteiger partial charge on any atom is -0.322 e. The van der Waals surface area contributed by atoms with E-state index in [-0.39, 0.29) is 5.91 Å². The van der Waals surface area contributed by atoms with Gasteiger partial charge in [0.15, 0.2) is 0 Å². The van der Waals surface area contributed by atoms with Crippen LogP contribution in [0, 0.1) is 13.8 Å². The highest BCUT2D eigenvalue weighted by molar-refractivity contribution is 6.08. The van der Waals surface area contributed by atoms with Crippen LogP contribution in [0.3, 0.4) is 0 Å². The maximum Gasteiger partial charge on any atom is 0.259 e. The van der Waals surface area contributed by atoms with Crippen LogP contribution in [0.25, 0.3) is 16.8 Å². The number of anilines is 1. The molecule has 0 unspecified atom stereocenters. The summed E-state index contributed by atoms with van der Waals surface area (Å²) in [4.78, 5) is 17.3. The molecule has 4 nitrogen and oxygen atoms in total. The van der Waals surface area contributed by atoms with Crippen molar-refractivity contribution in [2.75, 3.05) is 5.32 Å². The second-order valence-corrected chi connectivity index (χ2v) is 6.36. The number of aryl methyl sites for hydroxylation is 2. The number of hydrogen-bond donors (Lipinski definition) is 1. The fourth-order valence-electron chi connectivity index (χ4n) is 3.18. The van der Waals surface area contributed by atoms with Crippen LogP contribution in [-0.2, 0) is 0 Å². The van der Waals surface area contributed by atoms with E-state index in [1.54, 1.807) is 0 Å². The van der Waals surface area contributed by atoms with Crippen molar-refractivity contribution in [1.29, 1.82) is 0 Å². The summed E-state index contributed by atoms with van der Waals surface area (Å²) < 4.78 is 1.93. The molecule has 0 saturated carbocycles. The van der Waals surface area contributed by atoms with Gasteiger partial charge in [-0.15, -0.1) is 0 Å². The van der Waals surface area contributed by atoms with Crippen LogP contribution in [0.15, 0.2) is 72.9 Å². The van der Waals surface area contributed by atoms with Crippen LogP contribution >= 0.6 is 0 Å². The summed E-state index contributed by atoms with van der Waals surface area (Å²) in [6.07, 6.45) is 1.88. The molecule has 4 aromatic rings. The van der Waals surface area contributed by atoms with E-state index in [4.69, 9.17) is 0 Å². The van der Waals surface area contributed by atoms with Gasteiger partial charge in [0.25, 0.3) is 5.91 Å². The van der Waals surface area contributed by atoms with Crippen LogP contribution in [-0.4, -0.2) is 15.3 Å². The van der Waals surface area contributed by atoms with E-state index < -0.39 is 0 Å². The first kappa shape index (κ1) is 16.1. The molecule has 4 rings (SSSR count). The number of rotatable bonds is 3. The quantitative estimate of drug-likeness (QED) is 0.578. The number of nitrogens with zero attached hydrogens (tertiary/aromatic N) is 2. The molecule has 1 N–H and O–H groups in total. The smallest absolute Gasteiger partial charge is 0.259 e. The summed E-state index contributed by atoms with van der Waals surface area (Å²) in [6, 6.07) is 21.8. The Balaban J connectivity index is 1.65. The standard InChI is InChI=1S/C22H19N3O/c1-15-13-16(2)25-12-11-20(21(25)23-15)22(26)24-19-10-6-9-18(14-19)17-7-4-3-5-8-17/h3-14H,1-2H3,(H,24,26). The summed E-state index contributed by atoms with van der Waals surface area (Å²) >= 11 is 0. The lowest BCUT2D eigenvalue weighted by Crippen LogP contribution is -2.12. The van der Waals surface area contributed by atoms with Gasteiger partial charge in [-0.1, -0.05) is 42.5 Å². The number of aromatic nitrogens is 2. The zero-order valence-electron chi connectivity index (χ0n) is 14.7.